The fraction of sp³-hybridized carbons (Fsp3) is 0.294. The SMILES string of the molecule is O=C(CN1C(=O)[C@@H]2CCCN2C(=O)c2ccccc21)Nc1nccs1. The summed E-state index contributed by atoms with van der Waals surface area (Å²) in [6.07, 6.45) is 3.02. The fourth-order valence-electron chi connectivity index (χ4n) is 3.36. The summed E-state index contributed by atoms with van der Waals surface area (Å²) in [5, 5.41) is 4.93. The minimum Gasteiger partial charge on any atom is -0.327 e. The molecule has 4 rings (SSSR count). The maximum atomic E-state index is 13.0. The first kappa shape index (κ1) is 15.8. The Kier molecular flexibility index (Phi) is 3.96. The zero-order valence-corrected chi connectivity index (χ0v) is 14.2. The van der Waals surface area contributed by atoms with Crippen LogP contribution in [-0.2, 0) is 9.59 Å². The lowest BCUT2D eigenvalue weighted by atomic mass is 10.1. The van der Waals surface area contributed by atoms with Gasteiger partial charge < -0.3 is 15.1 Å². The third kappa shape index (κ3) is 2.78. The number of hydrogen-bond acceptors (Lipinski definition) is 5. The molecule has 25 heavy (non-hydrogen) atoms. The van der Waals surface area contributed by atoms with Crippen molar-refractivity contribution in [1.29, 1.82) is 0 Å². The van der Waals surface area contributed by atoms with E-state index in [0.717, 1.165) is 6.42 Å². The highest BCUT2D eigenvalue weighted by atomic mass is 32.1. The monoisotopic (exact) mass is 356 g/mol. The van der Waals surface area contributed by atoms with Gasteiger partial charge >= 0.3 is 0 Å². The molecule has 8 heteroatoms. The molecule has 1 aromatic carbocycles. The van der Waals surface area contributed by atoms with Gasteiger partial charge in [0.15, 0.2) is 5.13 Å². The number of amides is 3. The molecule has 1 atom stereocenters. The van der Waals surface area contributed by atoms with E-state index in [0.29, 0.717) is 29.3 Å². The molecule has 1 saturated heterocycles. The number of carbonyl (C=O) groups excluding carboxylic acids is 3. The van der Waals surface area contributed by atoms with Crippen LogP contribution < -0.4 is 10.2 Å². The van der Waals surface area contributed by atoms with E-state index < -0.39 is 6.04 Å². The van der Waals surface area contributed by atoms with Crippen LogP contribution in [0.2, 0.25) is 0 Å². The number of hydrogen-bond donors (Lipinski definition) is 1. The highest BCUT2D eigenvalue weighted by Crippen LogP contribution is 2.32. The van der Waals surface area contributed by atoms with Crippen LogP contribution in [0.25, 0.3) is 0 Å². The van der Waals surface area contributed by atoms with Gasteiger partial charge in [-0.3, -0.25) is 14.4 Å². The van der Waals surface area contributed by atoms with Crippen molar-refractivity contribution in [3.8, 4) is 0 Å². The van der Waals surface area contributed by atoms with E-state index >= 15 is 0 Å². The van der Waals surface area contributed by atoms with Crippen LogP contribution in [0.1, 0.15) is 23.2 Å². The predicted octanol–water partition coefficient (Wildman–Crippen LogP) is 1.73. The van der Waals surface area contributed by atoms with E-state index in [1.54, 1.807) is 40.7 Å². The van der Waals surface area contributed by atoms with Gasteiger partial charge in [-0.05, 0) is 25.0 Å². The van der Waals surface area contributed by atoms with Crippen molar-refractivity contribution in [2.75, 3.05) is 23.3 Å². The van der Waals surface area contributed by atoms with Crippen LogP contribution in [0.4, 0.5) is 10.8 Å². The fourth-order valence-corrected chi connectivity index (χ4v) is 3.91. The molecular weight excluding hydrogens is 340 g/mol. The number of para-hydroxylation sites is 1. The van der Waals surface area contributed by atoms with Gasteiger partial charge in [0.2, 0.25) is 11.8 Å². The lowest BCUT2D eigenvalue weighted by Gasteiger charge is -2.25. The topological polar surface area (TPSA) is 82.6 Å². The Bertz CT molecular complexity index is 836. The summed E-state index contributed by atoms with van der Waals surface area (Å²) >= 11 is 1.31. The van der Waals surface area contributed by atoms with E-state index in [1.807, 2.05) is 0 Å². The van der Waals surface area contributed by atoms with Crippen molar-refractivity contribution in [2.45, 2.75) is 18.9 Å². The van der Waals surface area contributed by atoms with Gasteiger partial charge in [-0.25, -0.2) is 4.98 Å². The van der Waals surface area contributed by atoms with Gasteiger partial charge in [0.05, 0.1) is 11.3 Å². The summed E-state index contributed by atoms with van der Waals surface area (Å²) in [6.45, 7) is 0.426. The summed E-state index contributed by atoms with van der Waals surface area (Å²) in [7, 11) is 0. The Morgan fingerprint density at radius 1 is 1.32 bits per heavy atom. The third-order valence-corrected chi connectivity index (χ3v) is 5.16. The molecule has 3 amide bonds. The van der Waals surface area contributed by atoms with Crippen molar-refractivity contribution in [1.82, 2.24) is 9.88 Å². The maximum absolute atomic E-state index is 13.0. The smallest absolute Gasteiger partial charge is 0.256 e. The van der Waals surface area contributed by atoms with Gasteiger partial charge in [0.25, 0.3) is 5.91 Å². The van der Waals surface area contributed by atoms with Crippen LogP contribution in [0, 0.1) is 0 Å². The highest BCUT2D eigenvalue weighted by molar-refractivity contribution is 7.13. The Morgan fingerprint density at radius 2 is 2.16 bits per heavy atom. The molecule has 1 fully saturated rings. The second-order valence-electron chi connectivity index (χ2n) is 5.98. The Morgan fingerprint density at radius 3 is 2.96 bits per heavy atom. The number of fused-ring (bicyclic) bond motifs is 2. The number of aromatic nitrogens is 1. The zero-order valence-electron chi connectivity index (χ0n) is 13.3. The number of nitrogens with zero attached hydrogens (tertiary/aromatic N) is 3. The van der Waals surface area contributed by atoms with Crippen molar-refractivity contribution in [3.63, 3.8) is 0 Å². The Balaban J connectivity index is 1.67. The van der Waals surface area contributed by atoms with Crippen molar-refractivity contribution in [3.05, 3.63) is 41.4 Å². The van der Waals surface area contributed by atoms with Gasteiger partial charge in [-0.15, -0.1) is 11.3 Å². The van der Waals surface area contributed by atoms with Gasteiger partial charge in [-0.1, -0.05) is 12.1 Å². The molecule has 0 aliphatic carbocycles. The first-order valence-electron chi connectivity index (χ1n) is 8.06. The van der Waals surface area contributed by atoms with Crippen LogP contribution in [0.15, 0.2) is 35.8 Å². The molecule has 0 spiro atoms. The molecule has 128 valence electrons. The molecule has 3 heterocycles. The molecule has 1 N–H and O–H groups in total. The second kappa shape index (κ2) is 6.29. The third-order valence-electron chi connectivity index (χ3n) is 4.47. The molecule has 0 saturated carbocycles. The number of thiazole rings is 1. The van der Waals surface area contributed by atoms with Crippen LogP contribution in [0.5, 0.6) is 0 Å². The van der Waals surface area contributed by atoms with E-state index in [2.05, 4.69) is 10.3 Å². The summed E-state index contributed by atoms with van der Waals surface area (Å²) in [5.74, 6) is -0.684. The van der Waals surface area contributed by atoms with Crippen LogP contribution in [-0.4, -0.2) is 46.7 Å². The number of anilines is 2. The maximum Gasteiger partial charge on any atom is 0.256 e. The summed E-state index contributed by atoms with van der Waals surface area (Å²) in [5.41, 5.74) is 0.948. The minimum absolute atomic E-state index is 0.144. The first-order chi connectivity index (χ1) is 12.1. The van der Waals surface area contributed by atoms with Crippen LogP contribution >= 0.6 is 11.3 Å². The molecule has 2 aromatic rings. The highest BCUT2D eigenvalue weighted by Gasteiger charge is 2.42. The Hall–Kier alpha value is -2.74. The summed E-state index contributed by atoms with van der Waals surface area (Å²) < 4.78 is 0. The number of rotatable bonds is 3. The zero-order chi connectivity index (χ0) is 17.4. The standard InChI is InChI=1S/C17H16N4O3S/c22-14(19-17-18-7-9-25-17)10-21-12-5-2-1-4-11(12)15(23)20-8-3-6-13(20)16(21)24/h1-2,4-5,7,9,13H,3,6,8,10H2,(H,18,19,22)/t13-/m0/s1. The van der Waals surface area contributed by atoms with Crippen molar-refractivity contribution in [2.24, 2.45) is 0 Å². The number of benzene rings is 1. The lowest BCUT2D eigenvalue weighted by Crippen LogP contribution is -2.47. The van der Waals surface area contributed by atoms with E-state index in [4.69, 9.17) is 0 Å². The molecule has 0 unspecified atom stereocenters. The summed E-state index contributed by atoms with van der Waals surface area (Å²) in [6, 6.07) is 6.46. The van der Waals surface area contributed by atoms with Crippen LogP contribution in [0.3, 0.4) is 0 Å². The van der Waals surface area contributed by atoms with Crippen molar-refractivity contribution < 1.29 is 14.4 Å². The average Bonchev–Trinajstić information content (AvgIpc) is 3.28. The molecule has 0 radical (unpaired) electrons. The van der Waals surface area contributed by atoms with E-state index in [1.165, 1.54) is 16.2 Å². The van der Waals surface area contributed by atoms with Gasteiger partial charge in [0.1, 0.15) is 12.6 Å². The van der Waals surface area contributed by atoms with Gasteiger partial charge in [0, 0.05) is 18.1 Å². The molecule has 2 aliphatic heterocycles. The molecule has 2 aliphatic rings. The molecule has 7 nitrogen and oxygen atoms in total. The normalized spacial score (nSPS) is 19.4. The summed E-state index contributed by atoms with van der Waals surface area (Å²) in [4.78, 5) is 45.2. The first-order valence-corrected chi connectivity index (χ1v) is 8.94. The lowest BCUT2D eigenvalue weighted by molar-refractivity contribution is -0.124. The quantitative estimate of drug-likeness (QED) is 0.908. The average molecular weight is 356 g/mol. The van der Waals surface area contributed by atoms with E-state index in [9.17, 15) is 14.4 Å². The largest absolute Gasteiger partial charge is 0.327 e. The van der Waals surface area contributed by atoms with Crippen molar-refractivity contribution >= 4 is 39.9 Å². The predicted molar refractivity (Wildman–Crippen MR) is 93.6 cm³/mol. The molecule has 1 aromatic heterocycles. The molecular formula is C17H16N4O3S. The number of nitrogens with one attached hydrogen (secondary N) is 1. The van der Waals surface area contributed by atoms with E-state index in [-0.39, 0.29) is 24.3 Å². The van der Waals surface area contributed by atoms with Gasteiger partial charge in [-0.2, -0.15) is 0 Å². The number of carbonyl (C=O) groups is 3. The molecule has 0 bridgehead atoms. The second-order valence-corrected chi connectivity index (χ2v) is 6.88. The minimum atomic E-state index is -0.493. The Labute approximate surface area is 148 Å².